The Kier molecular flexibility index (Phi) is 6.44. The number of rotatable bonds is 7. The molecule has 0 radical (unpaired) electrons. The number of carbonyl (C=O) groups excluding carboxylic acids is 2. The van der Waals surface area contributed by atoms with Gasteiger partial charge in [0.2, 0.25) is 0 Å². The number of aromatic nitrogens is 1. The lowest BCUT2D eigenvalue weighted by molar-refractivity contribution is -0.140. The van der Waals surface area contributed by atoms with E-state index < -0.39 is 17.7 Å². The number of ether oxygens (including phenoxy) is 2. The van der Waals surface area contributed by atoms with Crippen LogP contribution in [-0.2, 0) is 16.1 Å². The Morgan fingerprint density at radius 3 is 2.54 bits per heavy atom. The fourth-order valence-corrected chi connectivity index (χ4v) is 4.97. The van der Waals surface area contributed by atoms with E-state index in [0.29, 0.717) is 23.7 Å². The second kappa shape index (κ2) is 9.85. The monoisotopic (exact) mass is 496 g/mol. The fourth-order valence-electron chi connectivity index (χ4n) is 4.97. The molecule has 0 spiro atoms. The topological polar surface area (TPSA) is 91.9 Å². The highest BCUT2D eigenvalue weighted by Gasteiger charge is 2.47. The molecule has 1 aliphatic heterocycles. The van der Waals surface area contributed by atoms with Crippen molar-refractivity contribution in [2.75, 3.05) is 13.7 Å². The molecule has 1 saturated heterocycles. The molecule has 2 heterocycles. The number of ketones is 1. The number of nitrogens with zero attached hydrogens (tertiary/aromatic N) is 1. The molecule has 1 fully saturated rings. The van der Waals surface area contributed by atoms with Crippen LogP contribution in [0.15, 0.2) is 78.5 Å². The third-order valence-corrected chi connectivity index (χ3v) is 6.74. The summed E-state index contributed by atoms with van der Waals surface area (Å²) in [7, 11) is 1.57. The van der Waals surface area contributed by atoms with E-state index in [4.69, 9.17) is 9.47 Å². The van der Waals surface area contributed by atoms with Gasteiger partial charge in [0.15, 0.2) is 0 Å². The van der Waals surface area contributed by atoms with Gasteiger partial charge in [-0.25, -0.2) is 0 Å². The average molecular weight is 497 g/mol. The van der Waals surface area contributed by atoms with Gasteiger partial charge in [0.1, 0.15) is 17.3 Å². The Balaban J connectivity index is 1.69. The molecule has 1 atom stereocenters. The summed E-state index contributed by atoms with van der Waals surface area (Å²) >= 11 is 0. The summed E-state index contributed by atoms with van der Waals surface area (Å²) in [5.74, 6) is -0.310. The summed E-state index contributed by atoms with van der Waals surface area (Å²) in [6.07, 6.45) is 1.80. The minimum atomic E-state index is -0.798. The number of methoxy groups -OCH3 is 1. The van der Waals surface area contributed by atoms with E-state index in [0.717, 1.165) is 27.6 Å². The van der Waals surface area contributed by atoms with Gasteiger partial charge in [-0.1, -0.05) is 36.4 Å². The number of amides is 1. The summed E-state index contributed by atoms with van der Waals surface area (Å²) < 4.78 is 11.1. The number of para-hydroxylation sites is 2. The van der Waals surface area contributed by atoms with E-state index in [1.165, 1.54) is 4.90 Å². The number of aliphatic hydroxyl groups is 1. The SMILES string of the molecule is CCOc1ccc(/C(O)=C2\C(=O)C(=O)N(Cc3ccccc3OC)C2c2c[nH]c3ccccc23)cc1C. The molecule has 0 saturated carbocycles. The lowest BCUT2D eigenvalue weighted by atomic mass is 9.94. The number of benzene rings is 3. The summed E-state index contributed by atoms with van der Waals surface area (Å²) in [6, 6.07) is 19.5. The van der Waals surface area contributed by atoms with Crippen molar-refractivity contribution in [2.24, 2.45) is 0 Å². The first-order valence-electron chi connectivity index (χ1n) is 12.1. The van der Waals surface area contributed by atoms with Gasteiger partial charge >= 0.3 is 0 Å². The molecule has 5 rings (SSSR count). The highest BCUT2D eigenvalue weighted by Crippen LogP contribution is 2.43. The predicted octanol–water partition coefficient (Wildman–Crippen LogP) is 5.51. The van der Waals surface area contributed by atoms with Gasteiger partial charge in [-0.2, -0.15) is 0 Å². The van der Waals surface area contributed by atoms with Gasteiger partial charge in [-0.3, -0.25) is 9.59 Å². The molecule has 7 nitrogen and oxygen atoms in total. The summed E-state index contributed by atoms with van der Waals surface area (Å²) in [5.41, 5.74) is 3.67. The molecule has 0 bridgehead atoms. The van der Waals surface area contributed by atoms with Gasteiger partial charge in [0, 0.05) is 33.8 Å². The fraction of sp³-hybridized carbons (Fsp3) is 0.200. The number of aliphatic hydroxyl groups excluding tert-OH is 1. The third-order valence-electron chi connectivity index (χ3n) is 6.74. The standard InChI is InChI=1S/C30H28N2O5/c1-4-37-24-14-13-19(15-18(24)2)28(33)26-27(22-16-31-23-11-7-6-10-21(22)23)32(30(35)29(26)34)17-20-9-5-8-12-25(20)36-3/h5-16,27,31,33H,4,17H2,1-3H3/b28-26+. The van der Waals surface area contributed by atoms with Gasteiger partial charge in [0.05, 0.1) is 31.9 Å². The molecule has 3 aromatic carbocycles. The molecule has 1 amide bonds. The first kappa shape index (κ1) is 24.2. The van der Waals surface area contributed by atoms with Crippen LogP contribution < -0.4 is 9.47 Å². The van der Waals surface area contributed by atoms with Crippen molar-refractivity contribution < 1.29 is 24.2 Å². The van der Waals surface area contributed by atoms with E-state index in [1.807, 2.05) is 62.4 Å². The van der Waals surface area contributed by atoms with Crippen molar-refractivity contribution in [2.45, 2.75) is 26.4 Å². The minimum absolute atomic E-state index is 0.0493. The van der Waals surface area contributed by atoms with Crippen LogP contribution in [-0.4, -0.2) is 40.4 Å². The van der Waals surface area contributed by atoms with E-state index >= 15 is 0 Å². The number of fused-ring (bicyclic) bond motifs is 1. The normalized spacial score (nSPS) is 16.9. The quantitative estimate of drug-likeness (QED) is 0.200. The number of H-pyrrole nitrogens is 1. The third kappa shape index (κ3) is 4.22. The number of likely N-dealkylation sites (tertiary alicyclic amines) is 1. The molecule has 1 unspecified atom stereocenters. The Labute approximate surface area is 214 Å². The molecule has 7 heteroatoms. The summed E-state index contributed by atoms with van der Waals surface area (Å²) in [6.45, 7) is 4.43. The molecule has 0 aliphatic carbocycles. The smallest absolute Gasteiger partial charge is 0.295 e. The van der Waals surface area contributed by atoms with Crippen LogP contribution in [0.1, 0.15) is 35.2 Å². The average Bonchev–Trinajstić information content (AvgIpc) is 3.44. The number of carbonyl (C=O) groups is 2. The van der Waals surface area contributed by atoms with Crippen LogP contribution in [0.3, 0.4) is 0 Å². The second-order valence-corrected chi connectivity index (χ2v) is 8.94. The van der Waals surface area contributed by atoms with Crippen LogP contribution in [0.4, 0.5) is 0 Å². The van der Waals surface area contributed by atoms with Gasteiger partial charge in [-0.05, 0) is 49.7 Å². The maximum absolute atomic E-state index is 13.5. The van der Waals surface area contributed by atoms with Crippen LogP contribution in [0.5, 0.6) is 11.5 Å². The highest BCUT2D eigenvalue weighted by atomic mass is 16.5. The number of aromatic amines is 1. The molecule has 37 heavy (non-hydrogen) atoms. The number of hydrogen-bond donors (Lipinski definition) is 2. The van der Waals surface area contributed by atoms with E-state index in [1.54, 1.807) is 31.5 Å². The number of Topliss-reactive ketones (excluding diaryl/α,β-unsaturated/α-hetero) is 1. The lowest BCUT2D eigenvalue weighted by Crippen LogP contribution is -2.29. The maximum atomic E-state index is 13.5. The summed E-state index contributed by atoms with van der Waals surface area (Å²) in [4.78, 5) is 31.7. The Hall–Kier alpha value is -4.52. The van der Waals surface area contributed by atoms with Gasteiger partial charge < -0.3 is 24.5 Å². The van der Waals surface area contributed by atoms with E-state index in [9.17, 15) is 14.7 Å². The molecule has 2 N–H and O–H groups in total. The van der Waals surface area contributed by atoms with Crippen LogP contribution in [0.25, 0.3) is 16.7 Å². The molecule has 188 valence electrons. The number of nitrogens with one attached hydrogen (secondary N) is 1. The molecule has 1 aromatic heterocycles. The first-order valence-corrected chi connectivity index (χ1v) is 12.1. The number of aryl methyl sites for hydroxylation is 1. The van der Waals surface area contributed by atoms with Crippen molar-refractivity contribution in [1.29, 1.82) is 0 Å². The molecule has 4 aromatic rings. The van der Waals surface area contributed by atoms with Crippen LogP contribution >= 0.6 is 0 Å². The minimum Gasteiger partial charge on any atom is -0.507 e. The van der Waals surface area contributed by atoms with Crippen molar-refractivity contribution in [3.05, 3.63) is 101 Å². The summed E-state index contributed by atoms with van der Waals surface area (Å²) in [5, 5.41) is 12.4. The molecular formula is C30H28N2O5. The Morgan fingerprint density at radius 2 is 1.78 bits per heavy atom. The molecule has 1 aliphatic rings. The second-order valence-electron chi connectivity index (χ2n) is 8.94. The van der Waals surface area contributed by atoms with Crippen molar-refractivity contribution in [3.8, 4) is 11.5 Å². The molecular weight excluding hydrogens is 468 g/mol. The van der Waals surface area contributed by atoms with Crippen molar-refractivity contribution >= 4 is 28.4 Å². The lowest BCUT2D eigenvalue weighted by Gasteiger charge is -2.25. The predicted molar refractivity (Wildman–Crippen MR) is 141 cm³/mol. The van der Waals surface area contributed by atoms with Gasteiger partial charge in [-0.15, -0.1) is 0 Å². The first-order chi connectivity index (χ1) is 17.9. The largest absolute Gasteiger partial charge is 0.507 e. The Morgan fingerprint density at radius 1 is 1.03 bits per heavy atom. The zero-order valence-electron chi connectivity index (χ0n) is 20.9. The van der Waals surface area contributed by atoms with E-state index in [2.05, 4.69) is 4.98 Å². The van der Waals surface area contributed by atoms with E-state index in [-0.39, 0.29) is 17.9 Å². The zero-order chi connectivity index (χ0) is 26.1. The Bertz CT molecular complexity index is 1530. The highest BCUT2D eigenvalue weighted by molar-refractivity contribution is 6.46. The van der Waals surface area contributed by atoms with Crippen molar-refractivity contribution in [3.63, 3.8) is 0 Å². The van der Waals surface area contributed by atoms with Crippen LogP contribution in [0.2, 0.25) is 0 Å². The van der Waals surface area contributed by atoms with Crippen molar-refractivity contribution in [1.82, 2.24) is 9.88 Å². The number of hydrogen-bond acceptors (Lipinski definition) is 5. The maximum Gasteiger partial charge on any atom is 0.295 e. The van der Waals surface area contributed by atoms with Crippen LogP contribution in [0, 0.1) is 6.92 Å². The zero-order valence-corrected chi connectivity index (χ0v) is 20.9. The van der Waals surface area contributed by atoms with Gasteiger partial charge in [0.25, 0.3) is 11.7 Å².